The molecule has 0 unspecified atom stereocenters. The molecule has 0 atom stereocenters. The van der Waals surface area contributed by atoms with Crippen molar-refractivity contribution in [1.29, 1.82) is 0 Å². The molecule has 3 rings (SSSR count). The Morgan fingerprint density at radius 1 is 0.750 bits per heavy atom. The minimum atomic E-state index is 1.28. The van der Waals surface area contributed by atoms with Crippen LogP contribution in [0.25, 0.3) is 20.4 Å². The maximum Gasteiger partial charge on any atom is 0.0614 e. The van der Waals surface area contributed by atoms with Crippen molar-refractivity contribution in [2.75, 3.05) is 0 Å². The number of hydrogen-bond acceptors (Lipinski definition) is 2. The number of rotatable bonds is 0. The quantitative estimate of drug-likeness (QED) is 0.511. The van der Waals surface area contributed by atoms with Crippen molar-refractivity contribution >= 4 is 41.1 Å². The summed E-state index contributed by atoms with van der Waals surface area (Å²) in [5.74, 6) is 0. The van der Waals surface area contributed by atoms with Crippen molar-refractivity contribution in [3.05, 3.63) is 48.5 Å². The third kappa shape index (κ3) is 1.52. The van der Waals surface area contributed by atoms with Gasteiger partial charge in [-0.15, -0.1) is 0 Å². The fraction of sp³-hybridized carbons (Fsp3) is 0.0769. The van der Waals surface area contributed by atoms with Crippen molar-refractivity contribution in [3.63, 3.8) is 0 Å². The van der Waals surface area contributed by atoms with Gasteiger partial charge in [0, 0.05) is 7.05 Å². The molecule has 3 heteroatoms. The number of benzene rings is 2. The van der Waals surface area contributed by atoms with Crippen LogP contribution in [0.1, 0.15) is 0 Å². The van der Waals surface area contributed by atoms with Crippen molar-refractivity contribution in [2.24, 2.45) is 7.05 Å². The molecule has 0 aliphatic rings. The number of aryl methyl sites for hydroxylation is 1. The zero-order valence-corrected chi connectivity index (χ0v) is 10.5. The smallest absolute Gasteiger partial charge is 0.0614 e. The lowest BCUT2D eigenvalue weighted by molar-refractivity contribution is 1.01. The Morgan fingerprint density at radius 3 is 1.69 bits per heavy atom. The van der Waals surface area contributed by atoms with E-state index in [2.05, 4.69) is 60.1 Å². The van der Waals surface area contributed by atoms with Gasteiger partial charge in [-0.3, -0.25) is 0 Å². The number of para-hydroxylation sites is 2. The molecular weight excluding hydrogens is 234 g/mol. The minimum absolute atomic E-state index is 1.28. The number of hydrogen-bond donors (Lipinski definition) is 0. The first kappa shape index (κ1) is 9.87. The summed E-state index contributed by atoms with van der Waals surface area (Å²) in [5.41, 5.74) is 2.56. The Balaban J connectivity index is 2.63. The minimum Gasteiger partial charge on any atom is -0.342 e. The van der Waals surface area contributed by atoms with Gasteiger partial charge < -0.3 is 4.57 Å². The largest absolute Gasteiger partial charge is 0.342 e. The molecule has 0 spiro atoms. The van der Waals surface area contributed by atoms with Gasteiger partial charge in [0.15, 0.2) is 0 Å². The third-order valence-corrected chi connectivity index (χ3v) is 5.13. The summed E-state index contributed by atoms with van der Waals surface area (Å²) in [6.45, 7) is 0. The fourth-order valence-electron chi connectivity index (χ4n) is 1.83. The van der Waals surface area contributed by atoms with Gasteiger partial charge in [0.05, 0.1) is 20.4 Å². The molecule has 0 fully saturated rings. The monoisotopic (exact) mass is 245 g/mol. The van der Waals surface area contributed by atoms with Crippen molar-refractivity contribution in [2.45, 2.75) is 0 Å². The number of fused-ring (bicyclic) bond motifs is 2. The van der Waals surface area contributed by atoms with E-state index >= 15 is 0 Å². The lowest BCUT2D eigenvalue weighted by Gasteiger charge is -2.02. The highest BCUT2D eigenvalue weighted by molar-refractivity contribution is 7.73. The molecule has 16 heavy (non-hydrogen) atoms. The first-order chi connectivity index (χ1) is 7.86. The van der Waals surface area contributed by atoms with Crippen LogP contribution in [0.3, 0.4) is 0 Å². The van der Waals surface area contributed by atoms with Crippen LogP contribution in [-0.4, -0.2) is 4.57 Å². The molecule has 0 aliphatic heterocycles. The lowest BCUT2D eigenvalue weighted by Crippen LogP contribution is -1.90. The molecule has 3 aromatic rings. The Morgan fingerprint density at radius 2 is 1.19 bits per heavy atom. The normalized spacial score (nSPS) is 10.8. The van der Waals surface area contributed by atoms with Gasteiger partial charge in [-0.05, 0) is 24.3 Å². The van der Waals surface area contributed by atoms with Crippen LogP contribution < -0.4 is 0 Å². The van der Waals surface area contributed by atoms with E-state index in [1.54, 1.807) is 0 Å². The Bertz CT molecular complexity index is 628. The SMILES string of the molecule is Cn1c2ccccc2ssc2ccccc21. The molecule has 0 amide bonds. The summed E-state index contributed by atoms with van der Waals surface area (Å²) in [5, 5.41) is 0. The molecule has 1 nitrogen and oxygen atoms in total. The second-order valence-corrected chi connectivity index (χ2v) is 5.87. The van der Waals surface area contributed by atoms with E-state index < -0.39 is 0 Å². The second-order valence-electron chi connectivity index (χ2n) is 3.66. The molecule has 1 aromatic heterocycles. The maximum absolute atomic E-state index is 2.26. The summed E-state index contributed by atoms with van der Waals surface area (Å²) in [7, 11) is 5.79. The van der Waals surface area contributed by atoms with Gasteiger partial charge in [-0.1, -0.05) is 44.9 Å². The van der Waals surface area contributed by atoms with Gasteiger partial charge >= 0.3 is 0 Å². The van der Waals surface area contributed by atoms with E-state index in [9.17, 15) is 0 Å². The first-order valence-corrected chi connectivity index (χ1v) is 7.27. The lowest BCUT2D eigenvalue weighted by atomic mass is 10.3. The van der Waals surface area contributed by atoms with Gasteiger partial charge in [0.2, 0.25) is 0 Å². The van der Waals surface area contributed by atoms with Gasteiger partial charge in [-0.25, -0.2) is 0 Å². The standard InChI is InChI=1S/C13H11NS2/c1-14-10-6-2-4-8-12(10)15-16-13-9-5-3-7-11(13)14/h2-9H,1H3. The van der Waals surface area contributed by atoms with Crippen molar-refractivity contribution in [1.82, 2.24) is 4.57 Å². The molecule has 0 saturated heterocycles. The summed E-state index contributed by atoms with van der Waals surface area (Å²) < 4.78 is 4.91. The number of nitrogens with zero attached hydrogens (tertiary/aromatic N) is 1. The molecule has 0 N–H and O–H groups in total. The molecule has 80 valence electrons. The van der Waals surface area contributed by atoms with Crippen LogP contribution in [-0.2, 0) is 7.05 Å². The van der Waals surface area contributed by atoms with Crippen LogP contribution in [0.5, 0.6) is 0 Å². The molecule has 0 saturated carbocycles. The van der Waals surface area contributed by atoms with Crippen molar-refractivity contribution < 1.29 is 0 Å². The molecule has 1 heterocycles. The Hall–Kier alpha value is -1.32. The van der Waals surface area contributed by atoms with Gasteiger partial charge in [0.25, 0.3) is 0 Å². The maximum atomic E-state index is 2.26. The van der Waals surface area contributed by atoms with Crippen LogP contribution in [0.4, 0.5) is 0 Å². The number of aromatic nitrogens is 1. The summed E-state index contributed by atoms with van der Waals surface area (Å²) >= 11 is 0. The van der Waals surface area contributed by atoms with Gasteiger partial charge in [-0.2, -0.15) is 0 Å². The molecule has 2 aromatic carbocycles. The summed E-state index contributed by atoms with van der Waals surface area (Å²) in [4.78, 5) is 0. The molecule has 0 radical (unpaired) electrons. The zero-order chi connectivity index (χ0) is 11.0. The predicted molar refractivity (Wildman–Crippen MR) is 73.8 cm³/mol. The second kappa shape index (κ2) is 3.92. The van der Waals surface area contributed by atoms with Crippen LogP contribution in [0.15, 0.2) is 48.5 Å². The highest BCUT2D eigenvalue weighted by atomic mass is 32.9. The first-order valence-electron chi connectivity index (χ1n) is 5.12. The Kier molecular flexibility index (Phi) is 2.42. The summed E-state index contributed by atoms with van der Waals surface area (Å²) in [6, 6.07) is 17.1. The van der Waals surface area contributed by atoms with E-state index in [1.807, 2.05) is 20.7 Å². The van der Waals surface area contributed by atoms with E-state index in [0.29, 0.717) is 0 Å². The average molecular weight is 245 g/mol. The highest BCUT2D eigenvalue weighted by Gasteiger charge is 1.99. The van der Waals surface area contributed by atoms with Crippen LogP contribution in [0, 0.1) is 0 Å². The van der Waals surface area contributed by atoms with Crippen LogP contribution in [0.2, 0.25) is 0 Å². The average Bonchev–Trinajstić information content (AvgIpc) is 2.49. The van der Waals surface area contributed by atoms with E-state index in [0.717, 1.165) is 0 Å². The zero-order valence-electron chi connectivity index (χ0n) is 8.88. The van der Waals surface area contributed by atoms with E-state index in [-0.39, 0.29) is 0 Å². The van der Waals surface area contributed by atoms with E-state index in [1.165, 1.54) is 20.4 Å². The summed E-state index contributed by atoms with van der Waals surface area (Å²) in [6.07, 6.45) is 0. The fourth-order valence-corrected chi connectivity index (χ4v) is 4.24. The van der Waals surface area contributed by atoms with Gasteiger partial charge in [0.1, 0.15) is 0 Å². The third-order valence-electron chi connectivity index (χ3n) is 2.67. The Labute approximate surface area is 101 Å². The molecule has 0 bridgehead atoms. The molecular formula is C13H11NS2. The topological polar surface area (TPSA) is 4.93 Å². The molecule has 0 aliphatic carbocycles. The van der Waals surface area contributed by atoms with E-state index in [4.69, 9.17) is 0 Å². The predicted octanol–water partition coefficient (Wildman–Crippen LogP) is 4.58. The highest BCUT2D eigenvalue weighted by Crippen LogP contribution is 2.27. The van der Waals surface area contributed by atoms with Crippen molar-refractivity contribution in [3.8, 4) is 0 Å². The van der Waals surface area contributed by atoms with Crippen LogP contribution >= 0.6 is 20.7 Å².